The van der Waals surface area contributed by atoms with Crippen LogP contribution in [0.4, 0.5) is 5.95 Å². The highest BCUT2D eigenvalue weighted by atomic mass is 16.5. The number of hydrogen-bond donors (Lipinski definition) is 0. The molecule has 0 N–H and O–H groups in total. The molecule has 8 heteroatoms. The van der Waals surface area contributed by atoms with Gasteiger partial charge in [-0.25, -0.2) is 19.9 Å². The van der Waals surface area contributed by atoms with E-state index >= 15 is 0 Å². The Bertz CT molecular complexity index is 1520. The summed E-state index contributed by atoms with van der Waals surface area (Å²) in [6.07, 6.45) is 3.36. The summed E-state index contributed by atoms with van der Waals surface area (Å²) in [4.78, 5) is 34.3. The first-order chi connectivity index (χ1) is 17.2. The molecular weight excluding hydrogens is 440 g/mol. The standard InChI is InChI=1S/C27H20N6O2/c1-35-22-7-6-18-15-33(17-20(18)14-22)27-29-12-9-24(31-27)25-28-11-8-21(30-25)10-13-32-16-19-4-2-3-5-23(19)26(32)34/h2-9,11-12,14H,15-17H2,1H3. The summed E-state index contributed by atoms with van der Waals surface area (Å²) in [5.41, 5.74) is 5.22. The Morgan fingerprint density at radius 2 is 1.74 bits per heavy atom. The van der Waals surface area contributed by atoms with Crippen molar-refractivity contribution in [3.63, 3.8) is 0 Å². The summed E-state index contributed by atoms with van der Waals surface area (Å²) in [6, 6.07) is 20.1. The Hall–Kier alpha value is -4.77. The van der Waals surface area contributed by atoms with Gasteiger partial charge in [0.2, 0.25) is 5.95 Å². The molecule has 2 aromatic heterocycles. The molecule has 8 nitrogen and oxygen atoms in total. The van der Waals surface area contributed by atoms with Crippen LogP contribution in [-0.2, 0) is 19.6 Å². The van der Waals surface area contributed by atoms with E-state index in [2.05, 4.69) is 37.9 Å². The predicted octanol–water partition coefficient (Wildman–Crippen LogP) is 3.43. The molecule has 2 aromatic carbocycles. The highest BCUT2D eigenvalue weighted by molar-refractivity contribution is 5.99. The molecule has 2 aliphatic rings. The van der Waals surface area contributed by atoms with Crippen molar-refractivity contribution in [2.24, 2.45) is 0 Å². The number of carbonyl (C=O) groups excluding carboxylic acids is 1. The molecule has 4 aromatic rings. The SMILES string of the molecule is COc1ccc2c(c1)CN(c1nccc(-c3nccc(C#CN4Cc5ccccc5C4=O)n3)n1)C2. The minimum atomic E-state index is -0.0907. The number of carbonyl (C=O) groups is 1. The van der Waals surface area contributed by atoms with Gasteiger partial charge in [-0.05, 0) is 52.9 Å². The maximum Gasteiger partial charge on any atom is 0.266 e. The molecule has 0 saturated heterocycles. The number of ether oxygens (including phenoxy) is 1. The number of rotatable bonds is 3. The van der Waals surface area contributed by atoms with Crippen molar-refractivity contribution < 1.29 is 9.53 Å². The van der Waals surface area contributed by atoms with Gasteiger partial charge in [0.05, 0.1) is 13.7 Å². The molecule has 4 heterocycles. The van der Waals surface area contributed by atoms with E-state index in [4.69, 9.17) is 9.72 Å². The Kier molecular flexibility index (Phi) is 5.08. The van der Waals surface area contributed by atoms with Crippen molar-refractivity contribution in [2.75, 3.05) is 12.0 Å². The largest absolute Gasteiger partial charge is 0.497 e. The van der Waals surface area contributed by atoms with Crippen LogP contribution in [0.5, 0.6) is 5.75 Å². The van der Waals surface area contributed by atoms with Gasteiger partial charge < -0.3 is 9.64 Å². The summed E-state index contributed by atoms with van der Waals surface area (Å²) < 4.78 is 5.34. The van der Waals surface area contributed by atoms with Crippen molar-refractivity contribution in [2.45, 2.75) is 19.6 Å². The van der Waals surface area contributed by atoms with Gasteiger partial charge in [0, 0.05) is 37.1 Å². The monoisotopic (exact) mass is 460 g/mol. The van der Waals surface area contributed by atoms with Gasteiger partial charge in [0.1, 0.15) is 17.1 Å². The number of aromatic nitrogens is 4. The van der Waals surface area contributed by atoms with Crippen LogP contribution < -0.4 is 9.64 Å². The normalized spacial score (nSPS) is 13.8. The van der Waals surface area contributed by atoms with E-state index in [1.165, 1.54) is 16.0 Å². The molecule has 6 rings (SSSR count). The van der Waals surface area contributed by atoms with Crippen LogP contribution in [0.3, 0.4) is 0 Å². The molecule has 0 aliphatic carbocycles. The highest BCUT2D eigenvalue weighted by Crippen LogP contribution is 2.29. The number of fused-ring (bicyclic) bond motifs is 2. The number of amides is 1. The van der Waals surface area contributed by atoms with E-state index < -0.39 is 0 Å². The molecule has 0 bridgehead atoms. The fourth-order valence-electron chi connectivity index (χ4n) is 4.29. The Morgan fingerprint density at radius 3 is 2.63 bits per heavy atom. The van der Waals surface area contributed by atoms with E-state index in [0.29, 0.717) is 41.8 Å². The third-order valence-corrected chi connectivity index (χ3v) is 6.09. The second kappa shape index (κ2) is 8.54. The van der Waals surface area contributed by atoms with Crippen LogP contribution in [0.15, 0.2) is 67.0 Å². The van der Waals surface area contributed by atoms with Crippen LogP contribution in [0.25, 0.3) is 11.5 Å². The average Bonchev–Trinajstić information content (AvgIpc) is 3.48. The maximum absolute atomic E-state index is 12.5. The summed E-state index contributed by atoms with van der Waals surface area (Å²) in [5, 5.41) is 0. The van der Waals surface area contributed by atoms with E-state index in [9.17, 15) is 4.79 Å². The fourth-order valence-corrected chi connectivity index (χ4v) is 4.29. The van der Waals surface area contributed by atoms with Crippen molar-refractivity contribution in [3.8, 4) is 29.2 Å². The quantitative estimate of drug-likeness (QED) is 0.433. The summed E-state index contributed by atoms with van der Waals surface area (Å²) in [6.45, 7) is 1.90. The lowest BCUT2D eigenvalue weighted by molar-refractivity contribution is 0.0854. The number of benzene rings is 2. The molecule has 0 saturated carbocycles. The van der Waals surface area contributed by atoms with E-state index in [1.54, 1.807) is 31.6 Å². The minimum Gasteiger partial charge on any atom is -0.497 e. The molecule has 170 valence electrons. The van der Waals surface area contributed by atoms with Gasteiger partial charge in [-0.2, -0.15) is 0 Å². The van der Waals surface area contributed by atoms with Crippen LogP contribution in [-0.4, -0.2) is 37.9 Å². The van der Waals surface area contributed by atoms with Gasteiger partial charge in [0.25, 0.3) is 5.91 Å². The zero-order valence-corrected chi connectivity index (χ0v) is 19.0. The molecule has 0 unspecified atom stereocenters. The van der Waals surface area contributed by atoms with Crippen LogP contribution in [0, 0.1) is 12.0 Å². The van der Waals surface area contributed by atoms with Crippen molar-refractivity contribution in [1.82, 2.24) is 24.8 Å². The van der Waals surface area contributed by atoms with Gasteiger partial charge in [-0.15, -0.1) is 0 Å². The number of methoxy groups -OCH3 is 1. The molecule has 2 aliphatic heterocycles. The first-order valence-electron chi connectivity index (χ1n) is 11.2. The second-order valence-electron chi connectivity index (χ2n) is 8.28. The number of hydrogen-bond acceptors (Lipinski definition) is 7. The Balaban J connectivity index is 1.22. The topological polar surface area (TPSA) is 84.3 Å². The lowest BCUT2D eigenvalue weighted by Gasteiger charge is -2.15. The first kappa shape index (κ1) is 20.8. The minimum absolute atomic E-state index is 0.0907. The molecule has 35 heavy (non-hydrogen) atoms. The highest BCUT2D eigenvalue weighted by Gasteiger charge is 2.25. The third kappa shape index (κ3) is 3.93. The van der Waals surface area contributed by atoms with Gasteiger partial charge in [0.15, 0.2) is 5.82 Å². The van der Waals surface area contributed by atoms with Gasteiger partial charge >= 0.3 is 0 Å². The van der Waals surface area contributed by atoms with Crippen LogP contribution in [0.1, 0.15) is 32.7 Å². The third-order valence-electron chi connectivity index (χ3n) is 6.09. The fraction of sp³-hybridized carbons (Fsp3) is 0.148. The number of nitrogens with zero attached hydrogens (tertiary/aromatic N) is 6. The summed E-state index contributed by atoms with van der Waals surface area (Å²) in [7, 11) is 1.67. The Morgan fingerprint density at radius 1 is 0.886 bits per heavy atom. The van der Waals surface area contributed by atoms with Crippen molar-refractivity contribution in [1.29, 1.82) is 0 Å². The molecule has 0 spiro atoms. The first-order valence-corrected chi connectivity index (χ1v) is 11.2. The average molecular weight is 460 g/mol. The summed E-state index contributed by atoms with van der Waals surface area (Å²) in [5.74, 6) is 4.80. The smallest absolute Gasteiger partial charge is 0.266 e. The zero-order chi connectivity index (χ0) is 23.8. The lowest BCUT2D eigenvalue weighted by Crippen LogP contribution is -2.18. The van der Waals surface area contributed by atoms with Crippen LogP contribution >= 0.6 is 0 Å². The molecule has 0 atom stereocenters. The van der Waals surface area contributed by atoms with E-state index in [0.717, 1.165) is 17.9 Å². The second-order valence-corrected chi connectivity index (χ2v) is 8.28. The zero-order valence-electron chi connectivity index (χ0n) is 19.0. The molecule has 0 radical (unpaired) electrons. The Labute approximate surface area is 202 Å². The predicted molar refractivity (Wildman–Crippen MR) is 129 cm³/mol. The van der Waals surface area contributed by atoms with Crippen molar-refractivity contribution >= 4 is 11.9 Å². The molecule has 0 fully saturated rings. The maximum atomic E-state index is 12.5. The summed E-state index contributed by atoms with van der Waals surface area (Å²) >= 11 is 0. The van der Waals surface area contributed by atoms with Gasteiger partial charge in [-0.3, -0.25) is 9.69 Å². The van der Waals surface area contributed by atoms with Gasteiger partial charge in [-0.1, -0.05) is 24.3 Å². The van der Waals surface area contributed by atoms with Crippen molar-refractivity contribution in [3.05, 3.63) is 94.9 Å². The molecule has 1 amide bonds. The lowest BCUT2D eigenvalue weighted by atomic mass is 10.1. The molecular formula is C27H20N6O2. The van der Waals surface area contributed by atoms with Crippen LogP contribution in [0.2, 0.25) is 0 Å². The van der Waals surface area contributed by atoms with E-state index in [1.807, 2.05) is 36.4 Å². The van der Waals surface area contributed by atoms with E-state index in [-0.39, 0.29) is 5.91 Å². The number of anilines is 1.